The van der Waals surface area contributed by atoms with Crippen molar-refractivity contribution < 1.29 is 14.3 Å². The topological polar surface area (TPSA) is 35.5 Å². The lowest BCUT2D eigenvalue weighted by molar-refractivity contribution is -0.110. The minimum absolute atomic E-state index is 0.0367. The number of rotatable bonds is 5. The molecule has 0 bridgehead atoms. The van der Waals surface area contributed by atoms with Crippen LogP contribution in [0.15, 0.2) is 42.7 Å². The molecule has 17 heavy (non-hydrogen) atoms. The van der Waals surface area contributed by atoms with E-state index in [0.29, 0.717) is 19.6 Å². The first-order valence-corrected chi connectivity index (χ1v) is 5.77. The molecule has 0 saturated heterocycles. The van der Waals surface area contributed by atoms with E-state index in [1.54, 1.807) is 6.26 Å². The number of hydrogen-bond acceptors (Lipinski definition) is 3. The summed E-state index contributed by atoms with van der Waals surface area (Å²) >= 11 is 0. The van der Waals surface area contributed by atoms with Gasteiger partial charge < -0.3 is 14.3 Å². The van der Waals surface area contributed by atoms with Crippen LogP contribution in [0.5, 0.6) is 0 Å². The fourth-order valence-corrected chi connectivity index (χ4v) is 1.85. The molecular weight excluding hydrogens is 216 g/mol. The van der Waals surface area contributed by atoms with Crippen molar-refractivity contribution in [3.63, 3.8) is 0 Å². The molecule has 1 aliphatic heterocycles. The van der Waals surface area contributed by atoms with Crippen molar-refractivity contribution in [2.75, 3.05) is 6.61 Å². The maximum Gasteiger partial charge on any atom is 0.120 e. The van der Waals surface area contributed by atoms with E-state index >= 15 is 0 Å². The van der Waals surface area contributed by atoms with Gasteiger partial charge in [-0.05, 0) is 11.6 Å². The van der Waals surface area contributed by atoms with Crippen LogP contribution in [-0.2, 0) is 20.9 Å². The summed E-state index contributed by atoms with van der Waals surface area (Å²) in [4.78, 5) is 10.6. The van der Waals surface area contributed by atoms with E-state index in [1.807, 2.05) is 36.4 Å². The summed E-state index contributed by atoms with van der Waals surface area (Å²) in [6, 6.07) is 9.99. The highest BCUT2D eigenvalue weighted by atomic mass is 16.5. The van der Waals surface area contributed by atoms with E-state index in [9.17, 15) is 4.79 Å². The average molecular weight is 232 g/mol. The zero-order chi connectivity index (χ0) is 11.9. The van der Waals surface area contributed by atoms with Crippen LogP contribution in [0, 0.1) is 5.92 Å². The third-order valence-electron chi connectivity index (χ3n) is 2.84. The van der Waals surface area contributed by atoms with Gasteiger partial charge in [0.2, 0.25) is 0 Å². The Kier molecular flexibility index (Phi) is 4.33. The smallest absolute Gasteiger partial charge is 0.120 e. The first kappa shape index (κ1) is 11.9. The molecule has 1 aromatic rings. The molecule has 0 unspecified atom stereocenters. The van der Waals surface area contributed by atoms with E-state index in [4.69, 9.17) is 9.47 Å². The molecule has 0 aliphatic carbocycles. The Morgan fingerprint density at radius 2 is 2.18 bits per heavy atom. The lowest BCUT2D eigenvalue weighted by atomic mass is 9.98. The highest BCUT2D eigenvalue weighted by Crippen LogP contribution is 2.19. The van der Waals surface area contributed by atoms with Gasteiger partial charge >= 0.3 is 0 Å². The summed E-state index contributed by atoms with van der Waals surface area (Å²) in [5, 5.41) is 0. The maximum absolute atomic E-state index is 10.6. The molecule has 0 fully saturated rings. The van der Waals surface area contributed by atoms with E-state index in [2.05, 4.69) is 0 Å². The fourth-order valence-electron chi connectivity index (χ4n) is 1.85. The van der Waals surface area contributed by atoms with Crippen molar-refractivity contribution in [1.82, 2.24) is 0 Å². The largest absolute Gasteiger partial charge is 0.499 e. The van der Waals surface area contributed by atoms with E-state index < -0.39 is 0 Å². The Morgan fingerprint density at radius 1 is 1.35 bits per heavy atom. The molecule has 90 valence electrons. The van der Waals surface area contributed by atoms with Crippen LogP contribution < -0.4 is 0 Å². The molecule has 1 heterocycles. The predicted molar refractivity (Wildman–Crippen MR) is 64.3 cm³/mol. The number of hydrogen-bond donors (Lipinski definition) is 0. The summed E-state index contributed by atoms with van der Waals surface area (Å²) in [7, 11) is 0. The van der Waals surface area contributed by atoms with Crippen LogP contribution >= 0.6 is 0 Å². The normalized spacial score (nSPS) is 23.1. The van der Waals surface area contributed by atoms with Gasteiger partial charge in [0.05, 0.1) is 19.0 Å². The molecule has 0 saturated carbocycles. The zero-order valence-electron chi connectivity index (χ0n) is 9.62. The van der Waals surface area contributed by atoms with Crippen molar-refractivity contribution in [1.29, 1.82) is 0 Å². The maximum atomic E-state index is 10.6. The van der Waals surface area contributed by atoms with E-state index in [-0.39, 0.29) is 12.0 Å². The monoisotopic (exact) mass is 232 g/mol. The van der Waals surface area contributed by atoms with Crippen molar-refractivity contribution in [2.24, 2.45) is 5.92 Å². The van der Waals surface area contributed by atoms with Crippen molar-refractivity contribution in [3.8, 4) is 0 Å². The van der Waals surface area contributed by atoms with Crippen molar-refractivity contribution >= 4 is 6.29 Å². The zero-order valence-corrected chi connectivity index (χ0v) is 9.62. The Morgan fingerprint density at radius 3 is 2.94 bits per heavy atom. The van der Waals surface area contributed by atoms with Crippen molar-refractivity contribution in [2.45, 2.75) is 19.1 Å². The number of benzene rings is 1. The second-order valence-electron chi connectivity index (χ2n) is 4.06. The second kappa shape index (κ2) is 6.21. The van der Waals surface area contributed by atoms with E-state index in [0.717, 1.165) is 11.8 Å². The van der Waals surface area contributed by atoms with E-state index in [1.165, 1.54) is 0 Å². The number of aldehydes is 1. The molecule has 0 N–H and O–H groups in total. The standard InChI is InChI=1S/C14H16O3/c15-8-6-13-7-9-16-11-14(13)17-10-12-4-2-1-3-5-12/h1-5,7-9,13-14H,6,10-11H2/t13-,14+/m0/s1. The number of carbonyl (C=O) groups is 1. The van der Waals surface area contributed by atoms with Gasteiger partial charge in [-0.25, -0.2) is 0 Å². The quantitative estimate of drug-likeness (QED) is 0.731. The molecule has 1 aliphatic rings. The summed E-state index contributed by atoms with van der Waals surface area (Å²) < 4.78 is 11.0. The highest BCUT2D eigenvalue weighted by Gasteiger charge is 2.23. The molecule has 3 heteroatoms. The molecule has 0 amide bonds. The molecular formula is C14H16O3. The summed E-state index contributed by atoms with van der Waals surface area (Å²) in [6.07, 6.45) is 4.92. The third kappa shape index (κ3) is 3.43. The van der Waals surface area contributed by atoms with Gasteiger partial charge in [-0.15, -0.1) is 0 Å². The molecule has 0 radical (unpaired) electrons. The van der Waals surface area contributed by atoms with Crippen LogP contribution in [0.3, 0.4) is 0 Å². The molecule has 3 nitrogen and oxygen atoms in total. The fraction of sp³-hybridized carbons (Fsp3) is 0.357. The molecule has 0 spiro atoms. The lowest BCUT2D eigenvalue weighted by Gasteiger charge is -2.26. The number of carbonyl (C=O) groups excluding carboxylic acids is 1. The molecule has 2 atom stereocenters. The van der Waals surface area contributed by atoms with Gasteiger partial charge in [0, 0.05) is 12.3 Å². The third-order valence-corrected chi connectivity index (χ3v) is 2.84. The van der Waals surface area contributed by atoms with Crippen LogP contribution in [0.2, 0.25) is 0 Å². The van der Waals surface area contributed by atoms with Gasteiger partial charge in [-0.2, -0.15) is 0 Å². The van der Waals surface area contributed by atoms with Gasteiger partial charge in [0.1, 0.15) is 12.9 Å². The first-order valence-electron chi connectivity index (χ1n) is 5.77. The van der Waals surface area contributed by atoms with Gasteiger partial charge in [0.25, 0.3) is 0 Å². The van der Waals surface area contributed by atoms with Gasteiger partial charge in [-0.1, -0.05) is 30.3 Å². The summed E-state index contributed by atoms with van der Waals surface area (Å²) in [5.41, 5.74) is 1.13. The Hall–Kier alpha value is -1.61. The SMILES string of the molecule is O=CC[C@H]1C=COC[C@H]1OCc1ccccc1. The van der Waals surface area contributed by atoms with Crippen molar-refractivity contribution in [3.05, 3.63) is 48.2 Å². The minimum atomic E-state index is -0.0367. The molecule has 0 aromatic heterocycles. The Bertz CT molecular complexity index is 372. The van der Waals surface area contributed by atoms with Crippen LogP contribution in [0.1, 0.15) is 12.0 Å². The summed E-state index contributed by atoms with van der Waals surface area (Å²) in [6.45, 7) is 1.07. The van der Waals surface area contributed by atoms with Crippen LogP contribution in [-0.4, -0.2) is 19.0 Å². The number of ether oxygens (including phenoxy) is 2. The first-order chi connectivity index (χ1) is 8.40. The average Bonchev–Trinajstić information content (AvgIpc) is 2.39. The summed E-state index contributed by atoms with van der Waals surface area (Å²) in [5.74, 6) is 0.130. The highest BCUT2D eigenvalue weighted by molar-refractivity contribution is 5.50. The van der Waals surface area contributed by atoms with Crippen LogP contribution in [0.25, 0.3) is 0 Å². The predicted octanol–water partition coefficient (Wildman–Crippen LogP) is 2.32. The second-order valence-corrected chi connectivity index (χ2v) is 4.06. The molecule has 1 aromatic carbocycles. The minimum Gasteiger partial charge on any atom is -0.499 e. The van der Waals surface area contributed by atoms with Gasteiger partial charge in [-0.3, -0.25) is 0 Å². The Labute approximate surface area is 101 Å². The Balaban J connectivity index is 1.89. The molecule has 2 rings (SSSR count). The van der Waals surface area contributed by atoms with Crippen LogP contribution in [0.4, 0.5) is 0 Å². The lowest BCUT2D eigenvalue weighted by Crippen LogP contribution is -2.30. The van der Waals surface area contributed by atoms with Gasteiger partial charge in [0.15, 0.2) is 0 Å².